The van der Waals surface area contributed by atoms with E-state index in [0.29, 0.717) is 23.6 Å². The summed E-state index contributed by atoms with van der Waals surface area (Å²) in [4.78, 5) is 11.1. The van der Waals surface area contributed by atoms with Crippen molar-refractivity contribution in [1.82, 2.24) is 0 Å². The van der Waals surface area contributed by atoms with Gasteiger partial charge in [-0.1, -0.05) is 39.0 Å². The van der Waals surface area contributed by atoms with Gasteiger partial charge in [-0.3, -0.25) is 4.79 Å². The van der Waals surface area contributed by atoms with Gasteiger partial charge >= 0.3 is 0 Å². The first-order chi connectivity index (χ1) is 9.15. The highest BCUT2D eigenvalue weighted by Gasteiger charge is 2.06. The lowest BCUT2D eigenvalue weighted by atomic mass is 10.1. The van der Waals surface area contributed by atoms with E-state index in [9.17, 15) is 4.79 Å². The Morgan fingerprint density at radius 3 is 2.53 bits per heavy atom. The van der Waals surface area contributed by atoms with Gasteiger partial charge in [-0.25, -0.2) is 0 Å². The summed E-state index contributed by atoms with van der Waals surface area (Å²) in [6.45, 7) is 2.83. The van der Waals surface area contributed by atoms with Crippen LogP contribution in [0.2, 0.25) is 0 Å². The quantitative estimate of drug-likeness (QED) is 0.531. The number of carbonyl (C=O) groups excluding carboxylic acids is 1. The molecular formula is C15H24N2O2. The van der Waals surface area contributed by atoms with E-state index in [4.69, 9.17) is 16.2 Å². The predicted molar refractivity (Wildman–Crippen MR) is 78.2 cm³/mol. The van der Waals surface area contributed by atoms with Crippen molar-refractivity contribution in [3.8, 4) is 5.75 Å². The molecular weight excluding hydrogens is 240 g/mol. The minimum Gasteiger partial charge on any atom is -0.491 e. The summed E-state index contributed by atoms with van der Waals surface area (Å²) in [5.41, 5.74) is 12.0. The lowest BCUT2D eigenvalue weighted by Gasteiger charge is -2.09. The number of amides is 1. The average molecular weight is 264 g/mol. The zero-order valence-electron chi connectivity index (χ0n) is 11.7. The summed E-state index contributed by atoms with van der Waals surface area (Å²) >= 11 is 0. The summed E-state index contributed by atoms with van der Waals surface area (Å²) in [5, 5.41) is 0. The van der Waals surface area contributed by atoms with E-state index in [1.165, 1.54) is 25.7 Å². The van der Waals surface area contributed by atoms with Crippen LogP contribution in [0.25, 0.3) is 0 Å². The molecule has 0 saturated carbocycles. The first-order valence-corrected chi connectivity index (χ1v) is 6.97. The topological polar surface area (TPSA) is 78.3 Å². The standard InChI is InChI=1S/C15H24N2O2/c1-2-3-4-5-6-7-10-19-14-11-12(15(17)18)8-9-13(14)16/h8-9,11H,2-7,10,16H2,1H3,(H2,17,18). The number of ether oxygens (including phenoxy) is 1. The number of primary amides is 1. The van der Waals surface area contributed by atoms with E-state index >= 15 is 0 Å². The summed E-state index contributed by atoms with van der Waals surface area (Å²) in [5.74, 6) is 0.0780. The molecule has 0 radical (unpaired) electrons. The second kappa shape index (κ2) is 8.40. The zero-order valence-corrected chi connectivity index (χ0v) is 11.7. The largest absolute Gasteiger partial charge is 0.491 e. The van der Waals surface area contributed by atoms with Crippen molar-refractivity contribution in [2.75, 3.05) is 12.3 Å². The van der Waals surface area contributed by atoms with Crippen LogP contribution in [-0.4, -0.2) is 12.5 Å². The van der Waals surface area contributed by atoms with Crippen LogP contribution in [0.1, 0.15) is 55.8 Å². The molecule has 0 fully saturated rings. The minimum atomic E-state index is -0.468. The minimum absolute atomic E-state index is 0.423. The molecule has 0 heterocycles. The molecule has 106 valence electrons. The maximum atomic E-state index is 11.1. The third kappa shape index (κ3) is 5.64. The molecule has 19 heavy (non-hydrogen) atoms. The first-order valence-electron chi connectivity index (χ1n) is 6.97. The van der Waals surface area contributed by atoms with Gasteiger partial charge in [0.2, 0.25) is 5.91 Å². The van der Waals surface area contributed by atoms with E-state index in [2.05, 4.69) is 6.92 Å². The fourth-order valence-corrected chi connectivity index (χ4v) is 1.88. The normalized spacial score (nSPS) is 10.4. The van der Waals surface area contributed by atoms with Crippen LogP contribution in [0.5, 0.6) is 5.75 Å². The lowest BCUT2D eigenvalue weighted by molar-refractivity contribution is 0.1000. The van der Waals surface area contributed by atoms with Gasteiger partial charge in [0.25, 0.3) is 0 Å². The van der Waals surface area contributed by atoms with E-state index in [-0.39, 0.29) is 0 Å². The van der Waals surface area contributed by atoms with Crippen LogP contribution >= 0.6 is 0 Å². The number of hydrogen-bond donors (Lipinski definition) is 2. The Bertz CT molecular complexity index is 405. The van der Waals surface area contributed by atoms with Crippen molar-refractivity contribution in [2.45, 2.75) is 45.4 Å². The Morgan fingerprint density at radius 1 is 1.16 bits per heavy atom. The van der Waals surface area contributed by atoms with E-state index in [0.717, 1.165) is 12.8 Å². The van der Waals surface area contributed by atoms with Crippen LogP contribution in [0, 0.1) is 0 Å². The van der Waals surface area contributed by atoms with Crippen molar-refractivity contribution >= 4 is 11.6 Å². The molecule has 4 heteroatoms. The molecule has 0 aliphatic heterocycles. The number of carbonyl (C=O) groups is 1. The number of nitrogen functional groups attached to an aromatic ring is 1. The predicted octanol–water partition coefficient (Wildman–Crippen LogP) is 3.11. The maximum Gasteiger partial charge on any atom is 0.248 e. The lowest BCUT2D eigenvalue weighted by Crippen LogP contribution is -2.11. The Balaban J connectivity index is 2.32. The van der Waals surface area contributed by atoms with E-state index in [1.807, 2.05) is 0 Å². The Kier molecular flexibility index (Phi) is 6.79. The first kappa shape index (κ1) is 15.3. The Labute approximate surface area is 115 Å². The summed E-state index contributed by atoms with van der Waals surface area (Å²) in [6.07, 6.45) is 7.25. The molecule has 0 saturated heterocycles. The van der Waals surface area contributed by atoms with Crippen molar-refractivity contribution in [2.24, 2.45) is 5.73 Å². The number of anilines is 1. The molecule has 1 aromatic rings. The molecule has 0 spiro atoms. The van der Waals surface area contributed by atoms with Gasteiger partial charge in [0.05, 0.1) is 12.3 Å². The summed E-state index contributed by atoms with van der Waals surface area (Å²) in [6, 6.07) is 4.86. The van der Waals surface area contributed by atoms with Gasteiger partial charge in [0, 0.05) is 5.56 Å². The van der Waals surface area contributed by atoms with Gasteiger partial charge in [-0.2, -0.15) is 0 Å². The van der Waals surface area contributed by atoms with Crippen LogP contribution in [-0.2, 0) is 0 Å². The second-order valence-corrected chi connectivity index (χ2v) is 4.73. The Morgan fingerprint density at radius 2 is 1.84 bits per heavy atom. The molecule has 4 nitrogen and oxygen atoms in total. The highest BCUT2D eigenvalue weighted by molar-refractivity contribution is 5.93. The van der Waals surface area contributed by atoms with Crippen LogP contribution in [0.15, 0.2) is 18.2 Å². The molecule has 0 unspecified atom stereocenters. The Hall–Kier alpha value is -1.71. The van der Waals surface area contributed by atoms with Gasteiger partial charge in [-0.05, 0) is 24.6 Å². The maximum absolute atomic E-state index is 11.1. The molecule has 0 bridgehead atoms. The molecule has 1 amide bonds. The molecule has 4 N–H and O–H groups in total. The third-order valence-corrected chi connectivity index (χ3v) is 3.05. The number of hydrogen-bond acceptors (Lipinski definition) is 3. The van der Waals surface area contributed by atoms with Gasteiger partial charge in [-0.15, -0.1) is 0 Å². The third-order valence-electron chi connectivity index (χ3n) is 3.05. The summed E-state index contributed by atoms with van der Waals surface area (Å²) in [7, 11) is 0. The van der Waals surface area contributed by atoms with Crippen LogP contribution < -0.4 is 16.2 Å². The highest BCUT2D eigenvalue weighted by atomic mass is 16.5. The van der Waals surface area contributed by atoms with Crippen molar-refractivity contribution < 1.29 is 9.53 Å². The average Bonchev–Trinajstić information content (AvgIpc) is 2.39. The number of benzene rings is 1. The van der Waals surface area contributed by atoms with Crippen LogP contribution in [0.4, 0.5) is 5.69 Å². The molecule has 1 aromatic carbocycles. The fraction of sp³-hybridized carbons (Fsp3) is 0.533. The van der Waals surface area contributed by atoms with E-state index < -0.39 is 5.91 Å². The van der Waals surface area contributed by atoms with Crippen molar-refractivity contribution in [3.05, 3.63) is 23.8 Å². The van der Waals surface area contributed by atoms with Gasteiger partial charge in [0.1, 0.15) is 5.75 Å². The smallest absolute Gasteiger partial charge is 0.248 e. The number of unbranched alkanes of at least 4 members (excludes halogenated alkanes) is 5. The number of rotatable bonds is 9. The van der Waals surface area contributed by atoms with Gasteiger partial charge in [0.15, 0.2) is 0 Å². The second-order valence-electron chi connectivity index (χ2n) is 4.73. The van der Waals surface area contributed by atoms with Crippen molar-refractivity contribution in [3.63, 3.8) is 0 Å². The zero-order chi connectivity index (χ0) is 14.1. The monoisotopic (exact) mass is 264 g/mol. The molecule has 0 aromatic heterocycles. The van der Waals surface area contributed by atoms with Crippen molar-refractivity contribution in [1.29, 1.82) is 0 Å². The molecule has 1 rings (SSSR count). The fourth-order valence-electron chi connectivity index (χ4n) is 1.88. The molecule has 0 atom stereocenters. The molecule has 0 aliphatic rings. The van der Waals surface area contributed by atoms with E-state index in [1.54, 1.807) is 18.2 Å². The number of nitrogens with two attached hydrogens (primary N) is 2. The van der Waals surface area contributed by atoms with Gasteiger partial charge < -0.3 is 16.2 Å². The SMILES string of the molecule is CCCCCCCCOc1cc(C(N)=O)ccc1N. The van der Waals surface area contributed by atoms with Crippen LogP contribution in [0.3, 0.4) is 0 Å². The molecule has 0 aliphatic carbocycles. The summed E-state index contributed by atoms with van der Waals surface area (Å²) < 4.78 is 5.60. The highest BCUT2D eigenvalue weighted by Crippen LogP contribution is 2.23.